The highest BCUT2D eigenvalue weighted by atomic mass is 19.4. The molecule has 0 aliphatic heterocycles. The summed E-state index contributed by atoms with van der Waals surface area (Å²) in [4.78, 5) is 27.3. The molecule has 1 amide bonds. The van der Waals surface area contributed by atoms with Gasteiger partial charge in [0.05, 0.1) is 18.4 Å². The number of rotatable bonds is 6. The van der Waals surface area contributed by atoms with Crippen LogP contribution in [0.4, 0.5) is 24.5 Å². The molecule has 0 aromatic heterocycles. The number of carbonyl (C=O) groups is 2. The summed E-state index contributed by atoms with van der Waals surface area (Å²) in [6.45, 7) is -0.813. The van der Waals surface area contributed by atoms with E-state index in [2.05, 4.69) is 15.0 Å². The smallest absolute Gasteiger partial charge is 0.430 e. The third-order valence-electron chi connectivity index (χ3n) is 3.76. The number of ether oxygens (including phenoxy) is 2. The molecule has 0 aliphatic carbocycles. The standard InChI is InChI=1S/C20H18F3N3O6/c1-31-19(30)11-6-7-13(15(28)8-11)25-17(29)10-32-18(9-16(24)20(21,22)23)26-12-4-2-3-5-14(12)27/h2-9,27-28H,10,24H2,1H3,(H,25,29). The molecule has 9 nitrogen and oxygen atoms in total. The van der Waals surface area contributed by atoms with Crippen molar-refractivity contribution in [2.75, 3.05) is 19.0 Å². The molecule has 2 rings (SSSR count). The van der Waals surface area contributed by atoms with E-state index in [0.717, 1.165) is 13.2 Å². The molecule has 0 fully saturated rings. The zero-order valence-corrected chi connectivity index (χ0v) is 16.5. The fourth-order valence-corrected chi connectivity index (χ4v) is 2.21. The molecule has 0 heterocycles. The summed E-state index contributed by atoms with van der Waals surface area (Å²) in [5, 5.41) is 22.0. The van der Waals surface area contributed by atoms with Crippen molar-refractivity contribution in [3.05, 3.63) is 59.8 Å². The Morgan fingerprint density at radius 1 is 1.16 bits per heavy atom. The number of halogens is 3. The van der Waals surface area contributed by atoms with Crippen molar-refractivity contribution in [3.8, 4) is 11.5 Å². The second-order valence-corrected chi connectivity index (χ2v) is 6.10. The van der Waals surface area contributed by atoms with E-state index in [1.54, 1.807) is 0 Å². The number of esters is 1. The van der Waals surface area contributed by atoms with Gasteiger partial charge in [0.25, 0.3) is 5.91 Å². The first-order valence-corrected chi connectivity index (χ1v) is 8.76. The lowest BCUT2D eigenvalue weighted by Gasteiger charge is -2.11. The van der Waals surface area contributed by atoms with E-state index in [1.165, 1.54) is 36.4 Å². The minimum absolute atomic E-state index is 0.0316. The first kappa shape index (κ1) is 24.1. The molecule has 0 bridgehead atoms. The summed E-state index contributed by atoms with van der Waals surface area (Å²) in [7, 11) is 1.15. The number of alkyl halides is 3. The highest BCUT2D eigenvalue weighted by Crippen LogP contribution is 2.27. The number of nitrogens with two attached hydrogens (primary N) is 1. The zero-order valence-electron chi connectivity index (χ0n) is 16.5. The SMILES string of the molecule is COC(=O)c1ccc(NC(=O)COC(C=C(N)C(F)(F)F)=Nc2ccccc2O)c(O)c1. The number of benzene rings is 2. The number of nitrogens with zero attached hydrogens (tertiary/aromatic N) is 1. The largest absolute Gasteiger partial charge is 0.506 e. The molecule has 0 saturated heterocycles. The van der Waals surface area contributed by atoms with Crippen LogP contribution in [0.2, 0.25) is 0 Å². The van der Waals surface area contributed by atoms with Gasteiger partial charge in [0.15, 0.2) is 6.61 Å². The van der Waals surface area contributed by atoms with Crippen LogP contribution in [0.5, 0.6) is 11.5 Å². The third-order valence-corrected chi connectivity index (χ3v) is 3.76. The van der Waals surface area contributed by atoms with Gasteiger partial charge >= 0.3 is 12.1 Å². The molecule has 0 spiro atoms. The number of amides is 1. The summed E-state index contributed by atoms with van der Waals surface area (Å²) >= 11 is 0. The van der Waals surface area contributed by atoms with Crippen molar-refractivity contribution in [3.63, 3.8) is 0 Å². The first-order chi connectivity index (χ1) is 15.0. The number of aliphatic imine (C=N–C) groups is 1. The number of methoxy groups -OCH3 is 1. The van der Waals surface area contributed by atoms with E-state index in [9.17, 15) is 33.0 Å². The maximum atomic E-state index is 12.8. The van der Waals surface area contributed by atoms with Crippen molar-refractivity contribution in [2.45, 2.75) is 6.18 Å². The number of para-hydroxylation sites is 2. The zero-order chi connectivity index (χ0) is 23.9. The van der Waals surface area contributed by atoms with Crippen LogP contribution in [0.3, 0.4) is 0 Å². The van der Waals surface area contributed by atoms with E-state index in [1.807, 2.05) is 0 Å². The van der Waals surface area contributed by atoms with Gasteiger partial charge in [-0.3, -0.25) is 4.79 Å². The van der Waals surface area contributed by atoms with Gasteiger partial charge in [-0.1, -0.05) is 12.1 Å². The van der Waals surface area contributed by atoms with Crippen LogP contribution in [-0.2, 0) is 14.3 Å². The van der Waals surface area contributed by atoms with E-state index < -0.39 is 42.0 Å². The van der Waals surface area contributed by atoms with Gasteiger partial charge in [0, 0.05) is 6.08 Å². The molecule has 170 valence electrons. The summed E-state index contributed by atoms with van der Waals surface area (Å²) in [5.41, 5.74) is 3.27. The minimum atomic E-state index is -4.88. The van der Waals surface area contributed by atoms with Gasteiger partial charge in [-0.15, -0.1) is 0 Å². The number of allylic oxidation sites excluding steroid dienone is 1. The normalized spacial score (nSPS) is 12.2. The average molecular weight is 453 g/mol. The number of hydrogen-bond acceptors (Lipinski definition) is 8. The van der Waals surface area contributed by atoms with Gasteiger partial charge in [-0.05, 0) is 30.3 Å². The molecule has 32 heavy (non-hydrogen) atoms. The van der Waals surface area contributed by atoms with E-state index in [4.69, 9.17) is 10.5 Å². The number of nitrogens with one attached hydrogen (secondary N) is 1. The molecule has 2 aromatic carbocycles. The number of anilines is 1. The monoisotopic (exact) mass is 453 g/mol. The van der Waals surface area contributed by atoms with Crippen molar-refractivity contribution < 1.29 is 42.4 Å². The van der Waals surface area contributed by atoms with Crippen LogP contribution < -0.4 is 11.1 Å². The van der Waals surface area contributed by atoms with Crippen LogP contribution >= 0.6 is 0 Å². The summed E-state index contributed by atoms with van der Waals surface area (Å²) in [6, 6.07) is 9.05. The number of hydrogen-bond donors (Lipinski definition) is 4. The van der Waals surface area contributed by atoms with E-state index in [-0.39, 0.29) is 22.7 Å². The molecular formula is C20H18F3N3O6. The molecule has 0 aliphatic rings. The minimum Gasteiger partial charge on any atom is -0.506 e. The summed E-state index contributed by atoms with van der Waals surface area (Å²) in [5.74, 6) is -3.06. The highest BCUT2D eigenvalue weighted by molar-refractivity contribution is 5.98. The van der Waals surface area contributed by atoms with Crippen LogP contribution in [0.15, 0.2) is 59.2 Å². The van der Waals surface area contributed by atoms with Gasteiger partial charge in [-0.2, -0.15) is 13.2 Å². The van der Waals surface area contributed by atoms with Gasteiger partial charge in [-0.25, -0.2) is 9.79 Å². The Morgan fingerprint density at radius 3 is 2.44 bits per heavy atom. The number of phenols is 2. The maximum absolute atomic E-state index is 12.8. The fourth-order valence-electron chi connectivity index (χ4n) is 2.21. The van der Waals surface area contributed by atoms with Crippen molar-refractivity contribution in [1.82, 2.24) is 0 Å². The van der Waals surface area contributed by atoms with Crippen LogP contribution in [0.1, 0.15) is 10.4 Å². The predicted octanol–water partition coefficient (Wildman–Crippen LogP) is 2.97. The molecule has 0 atom stereocenters. The topological polar surface area (TPSA) is 143 Å². The van der Waals surface area contributed by atoms with Crippen molar-refractivity contribution >= 4 is 29.1 Å². The van der Waals surface area contributed by atoms with E-state index >= 15 is 0 Å². The van der Waals surface area contributed by atoms with Gasteiger partial charge in [0.2, 0.25) is 5.90 Å². The predicted molar refractivity (Wildman–Crippen MR) is 108 cm³/mol. The summed E-state index contributed by atoms with van der Waals surface area (Å²) < 4.78 is 47.9. The Hall–Kier alpha value is -4.22. The maximum Gasteiger partial charge on any atom is 0.430 e. The lowest BCUT2D eigenvalue weighted by Crippen LogP contribution is -2.23. The van der Waals surface area contributed by atoms with Crippen LogP contribution in [0.25, 0.3) is 0 Å². The molecule has 5 N–H and O–H groups in total. The quantitative estimate of drug-likeness (QED) is 0.228. The number of aromatic hydroxyl groups is 2. The van der Waals surface area contributed by atoms with Gasteiger partial charge in [0.1, 0.15) is 22.9 Å². The molecule has 0 radical (unpaired) electrons. The fraction of sp³-hybridized carbons (Fsp3) is 0.150. The Bertz CT molecular complexity index is 1070. The highest BCUT2D eigenvalue weighted by Gasteiger charge is 2.32. The summed E-state index contributed by atoms with van der Waals surface area (Å²) in [6.07, 6.45) is -4.51. The Morgan fingerprint density at radius 2 is 1.84 bits per heavy atom. The Balaban J connectivity index is 2.18. The second kappa shape index (κ2) is 10.2. The molecule has 12 heteroatoms. The molecule has 2 aromatic rings. The third kappa shape index (κ3) is 6.65. The number of phenolic OH excluding ortho intramolecular Hbond substituents is 2. The average Bonchev–Trinajstić information content (AvgIpc) is 2.73. The van der Waals surface area contributed by atoms with Crippen molar-refractivity contribution in [1.29, 1.82) is 0 Å². The first-order valence-electron chi connectivity index (χ1n) is 8.76. The van der Waals surface area contributed by atoms with E-state index in [0.29, 0.717) is 6.08 Å². The van der Waals surface area contributed by atoms with Crippen molar-refractivity contribution in [2.24, 2.45) is 10.7 Å². The lowest BCUT2D eigenvalue weighted by atomic mass is 10.2. The number of carbonyl (C=O) groups excluding carboxylic acids is 2. The molecule has 0 unspecified atom stereocenters. The Labute approximate surface area is 179 Å². The van der Waals surface area contributed by atoms with Crippen LogP contribution in [-0.4, -0.2) is 47.9 Å². The molecular weight excluding hydrogens is 435 g/mol. The molecule has 0 saturated carbocycles. The second-order valence-electron chi connectivity index (χ2n) is 6.10. The van der Waals surface area contributed by atoms with Gasteiger partial charge < -0.3 is 30.7 Å². The van der Waals surface area contributed by atoms with Crippen LogP contribution in [0, 0.1) is 0 Å². The lowest BCUT2D eigenvalue weighted by molar-refractivity contribution is -0.118. The Kier molecular flexibility index (Phi) is 7.66.